The van der Waals surface area contributed by atoms with Gasteiger partial charge in [-0.25, -0.2) is 0 Å². The number of methoxy groups -OCH3 is 2. The standard InChI is InChI=1S/C24H24N2O3/c1-28-17-11-12-18(22(14-17)29-2)20-10-5-13-25(20)15-26-21-9-4-7-16-6-3-8-19(23(16)21)24(26)27/h3-4,6-9,11-12,14,20H,5,10,13,15H2,1-2H3/t20-/m1/s1. The van der Waals surface area contributed by atoms with E-state index in [2.05, 4.69) is 29.2 Å². The largest absolute Gasteiger partial charge is 0.497 e. The number of likely N-dealkylation sites (tertiary alicyclic amines) is 1. The summed E-state index contributed by atoms with van der Waals surface area (Å²) in [4.78, 5) is 17.5. The van der Waals surface area contributed by atoms with Gasteiger partial charge in [-0.1, -0.05) is 30.3 Å². The van der Waals surface area contributed by atoms with Crippen molar-refractivity contribution in [3.05, 3.63) is 65.7 Å². The summed E-state index contributed by atoms with van der Waals surface area (Å²) in [5, 5.41) is 2.18. The third kappa shape index (κ3) is 2.85. The lowest BCUT2D eigenvalue weighted by molar-refractivity contribution is 0.0971. The van der Waals surface area contributed by atoms with Crippen LogP contribution in [0.4, 0.5) is 5.69 Å². The maximum atomic E-state index is 13.2. The molecule has 3 aromatic rings. The van der Waals surface area contributed by atoms with Gasteiger partial charge >= 0.3 is 0 Å². The van der Waals surface area contributed by atoms with Crippen molar-refractivity contribution in [3.63, 3.8) is 0 Å². The van der Waals surface area contributed by atoms with E-state index in [-0.39, 0.29) is 11.9 Å². The highest BCUT2D eigenvalue weighted by Gasteiger charge is 2.35. The fourth-order valence-corrected chi connectivity index (χ4v) is 4.74. The van der Waals surface area contributed by atoms with Crippen molar-refractivity contribution in [1.29, 1.82) is 0 Å². The summed E-state index contributed by atoms with van der Waals surface area (Å²) in [5.74, 6) is 1.70. The Balaban J connectivity index is 1.47. The molecule has 3 aromatic carbocycles. The molecule has 1 saturated heterocycles. The number of anilines is 1. The maximum Gasteiger partial charge on any atom is 0.260 e. The van der Waals surface area contributed by atoms with Crippen molar-refractivity contribution in [1.82, 2.24) is 4.90 Å². The molecule has 0 N–H and O–H groups in total. The van der Waals surface area contributed by atoms with E-state index < -0.39 is 0 Å². The van der Waals surface area contributed by atoms with Crippen LogP contribution in [-0.4, -0.2) is 38.2 Å². The van der Waals surface area contributed by atoms with E-state index in [1.54, 1.807) is 14.2 Å². The second kappa shape index (κ2) is 7.08. The molecule has 0 unspecified atom stereocenters. The number of benzene rings is 3. The summed E-state index contributed by atoms with van der Waals surface area (Å²) in [7, 11) is 3.35. The molecule has 0 spiro atoms. The Morgan fingerprint density at radius 1 is 1.03 bits per heavy atom. The van der Waals surface area contributed by atoms with Gasteiger partial charge in [-0.2, -0.15) is 0 Å². The van der Waals surface area contributed by atoms with Crippen molar-refractivity contribution in [2.75, 3.05) is 32.3 Å². The fraction of sp³-hybridized carbons (Fsp3) is 0.292. The second-order valence-corrected chi connectivity index (χ2v) is 7.63. The number of ether oxygens (including phenoxy) is 2. The molecule has 1 fully saturated rings. The van der Waals surface area contributed by atoms with Gasteiger partial charge in [-0.15, -0.1) is 0 Å². The summed E-state index contributed by atoms with van der Waals surface area (Å²) in [6.45, 7) is 1.53. The molecular formula is C24H24N2O3. The highest BCUT2D eigenvalue weighted by Crippen LogP contribution is 2.41. The molecule has 5 heteroatoms. The number of rotatable bonds is 5. The number of hydrogen-bond donors (Lipinski definition) is 0. The Hall–Kier alpha value is -3.05. The summed E-state index contributed by atoms with van der Waals surface area (Å²) in [6.07, 6.45) is 2.14. The van der Waals surface area contributed by atoms with Crippen LogP contribution in [0.3, 0.4) is 0 Å². The van der Waals surface area contributed by atoms with Crippen LogP contribution in [-0.2, 0) is 0 Å². The third-order valence-corrected chi connectivity index (χ3v) is 6.14. The first kappa shape index (κ1) is 18.0. The fourth-order valence-electron chi connectivity index (χ4n) is 4.74. The third-order valence-electron chi connectivity index (χ3n) is 6.14. The Morgan fingerprint density at radius 2 is 1.86 bits per heavy atom. The minimum absolute atomic E-state index is 0.0872. The first-order valence-electron chi connectivity index (χ1n) is 10.0. The van der Waals surface area contributed by atoms with Crippen molar-refractivity contribution >= 4 is 22.4 Å². The summed E-state index contributed by atoms with van der Waals surface area (Å²) in [5.41, 5.74) is 2.96. The minimum Gasteiger partial charge on any atom is -0.497 e. The number of nitrogens with zero attached hydrogens (tertiary/aromatic N) is 2. The van der Waals surface area contributed by atoms with Crippen LogP contribution in [0.5, 0.6) is 11.5 Å². The first-order valence-corrected chi connectivity index (χ1v) is 10.0. The highest BCUT2D eigenvalue weighted by atomic mass is 16.5. The van der Waals surface area contributed by atoms with Gasteiger partial charge in [0.1, 0.15) is 11.5 Å². The van der Waals surface area contributed by atoms with Crippen LogP contribution in [0.15, 0.2) is 54.6 Å². The Labute approximate surface area is 170 Å². The lowest BCUT2D eigenvalue weighted by Gasteiger charge is -2.30. The van der Waals surface area contributed by atoms with Gasteiger partial charge in [-0.3, -0.25) is 14.6 Å². The Kier molecular flexibility index (Phi) is 4.40. The molecule has 1 amide bonds. The Morgan fingerprint density at radius 3 is 2.66 bits per heavy atom. The summed E-state index contributed by atoms with van der Waals surface area (Å²) >= 11 is 0. The molecule has 0 bridgehead atoms. The average Bonchev–Trinajstić information content (AvgIpc) is 3.33. The molecule has 0 saturated carbocycles. The lowest BCUT2D eigenvalue weighted by atomic mass is 10.0. The predicted octanol–water partition coefficient (Wildman–Crippen LogP) is 4.61. The van der Waals surface area contributed by atoms with Crippen molar-refractivity contribution < 1.29 is 14.3 Å². The van der Waals surface area contributed by atoms with E-state index in [1.165, 1.54) is 0 Å². The topological polar surface area (TPSA) is 42.0 Å². The summed E-state index contributed by atoms with van der Waals surface area (Å²) < 4.78 is 11.0. The monoisotopic (exact) mass is 388 g/mol. The predicted molar refractivity (Wildman–Crippen MR) is 114 cm³/mol. The molecule has 2 aliphatic heterocycles. The van der Waals surface area contributed by atoms with Crippen LogP contribution < -0.4 is 14.4 Å². The van der Waals surface area contributed by atoms with Gasteiger partial charge in [0, 0.05) is 35.2 Å². The van der Waals surface area contributed by atoms with Crippen molar-refractivity contribution in [2.24, 2.45) is 0 Å². The van der Waals surface area contributed by atoms with Crippen LogP contribution in [0.2, 0.25) is 0 Å². The van der Waals surface area contributed by atoms with E-state index in [1.807, 2.05) is 35.2 Å². The lowest BCUT2D eigenvalue weighted by Crippen LogP contribution is -2.39. The van der Waals surface area contributed by atoms with Gasteiger partial charge in [0.15, 0.2) is 0 Å². The van der Waals surface area contributed by atoms with Crippen LogP contribution in [0.25, 0.3) is 10.8 Å². The van der Waals surface area contributed by atoms with Gasteiger partial charge in [-0.05, 0) is 36.4 Å². The average molecular weight is 388 g/mol. The molecule has 29 heavy (non-hydrogen) atoms. The Bertz CT molecular complexity index is 1090. The summed E-state index contributed by atoms with van der Waals surface area (Å²) in [6, 6.07) is 18.3. The minimum atomic E-state index is 0.0872. The number of hydrogen-bond acceptors (Lipinski definition) is 4. The van der Waals surface area contributed by atoms with Crippen molar-refractivity contribution in [3.8, 4) is 11.5 Å². The van der Waals surface area contributed by atoms with Gasteiger partial charge in [0.25, 0.3) is 5.91 Å². The van der Waals surface area contributed by atoms with E-state index in [0.717, 1.165) is 58.5 Å². The first-order chi connectivity index (χ1) is 14.2. The number of carbonyl (C=O) groups excluding carboxylic acids is 1. The molecular weight excluding hydrogens is 364 g/mol. The van der Waals surface area contributed by atoms with Crippen LogP contribution in [0, 0.1) is 0 Å². The molecule has 0 radical (unpaired) electrons. The van der Waals surface area contributed by atoms with Crippen molar-refractivity contribution in [2.45, 2.75) is 18.9 Å². The zero-order valence-corrected chi connectivity index (χ0v) is 16.7. The number of amides is 1. The molecule has 5 nitrogen and oxygen atoms in total. The van der Waals surface area contributed by atoms with Gasteiger partial charge < -0.3 is 9.47 Å². The molecule has 148 valence electrons. The molecule has 2 heterocycles. The van der Waals surface area contributed by atoms with Gasteiger partial charge in [0.2, 0.25) is 0 Å². The van der Waals surface area contributed by atoms with E-state index in [0.29, 0.717) is 6.67 Å². The highest BCUT2D eigenvalue weighted by molar-refractivity contribution is 6.24. The van der Waals surface area contributed by atoms with E-state index >= 15 is 0 Å². The van der Waals surface area contributed by atoms with E-state index in [9.17, 15) is 4.79 Å². The molecule has 0 aromatic heterocycles. The second-order valence-electron chi connectivity index (χ2n) is 7.63. The van der Waals surface area contributed by atoms with Gasteiger partial charge in [0.05, 0.1) is 26.6 Å². The molecule has 5 rings (SSSR count). The zero-order chi connectivity index (χ0) is 20.0. The smallest absolute Gasteiger partial charge is 0.260 e. The molecule has 0 aliphatic carbocycles. The van der Waals surface area contributed by atoms with Crippen LogP contribution in [0.1, 0.15) is 34.8 Å². The van der Waals surface area contributed by atoms with Crippen LogP contribution >= 0.6 is 0 Å². The SMILES string of the molecule is COc1ccc([C@H]2CCCN2CN2C(=O)c3cccc4cccc2c34)c(OC)c1. The quantitative estimate of drug-likeness (QED) is 0.640. The number of carbonyl (C=O) groups is 1. The zero-order valence-electron chi connectivity index (χ0n) is 16.7. The molecule has 1 atom stereocenters. The normalized spacial score (nSPS) is 18.6. The molecule has 2 aliphatic rings. The van der Waals surface area contributed by atoms with E-state index in [4.69, 9.17) is 9.47 Å². The maximum absolute atomic E-state index is 13.2.